The van der Waals surface area contributed by atoms with E-state index in [-0.39, 0.29) is 59.5 Å². The van der Waals surface area contributed by atoms with Crippen molar-refractivity contribution in [3.8, 4) is 35.5 Å². The first-order chi connectivity index (χ1) is 27.0. The van der Waals surface area contributed by atoms with Crippen molar-refractivity contribution in [2.24, 2.45) is 0 Å². The summed E-state index contributed by atoms with van der Waals surface area (Å²) in [6.45, 7) is 2.74. The molecule has 56 heavy (non-hydrogen) atoms. The summed E-state index contributed by atoms with van der Waals surface area (Å²) in [5.74, 6) is 1.39. The summed E-state index contributed by atoms with van der Waals surface area (Å²) in [5.41, 5.74) is 6.07. The number of fused-ring (bicyclic) bond motifs is 4. The summed E-state index contributed by atoms with van der Waals surface area (Å²) in [5, 5.41) is 8.55. The van der Waals surface area contributed by atoms with E-state index in [2.05, 4.69) is 25.9 Å². The number of anilines is 2. The average Bonchev–Trinajstić information content (AvgIpc) is 3.60. The monoisotopic (exact) mass is 772 g/mol. The van der Waals surface area contributed by atoms with Crippen LogP contribution < -0.4 is 20.1 Å². The van der Waals surface area contributed by atoms with Crippen LogP contribution >= 0.6 is 0 Å². The molecule has 0 aliphatic carbocycles. The van der Waals surface area contributed by atoms with Crippen LogP contribution in [0.5, 0.6) is 11.9 Å². The van der Waals surface area contributed by atoms with Crippen molar-refractivity contribution < 1.29 is 36.2 Å². The number of ether oxygens (including phenoxy) is 3. The molecule has 4 aliphatic heterocycles. The number of alkyl halides is 3. The van der Waals surface area contributed by atoms with Gasteiger partial charge in [-0.3, -0.25) is 4.90 Å². The first kappa shape index (κ1) is 36.3. The molecule has 2 aromatic carbocycles. The maximum Gasteiger partial charge on any atom is 0.418 e. The molecule has 4 aliphatic rings. The number of halogens is 5. The molecule has 0 spiro atoms. The van der Waals surface area contributed by atoms with Crippen molar-refractivity contribution in [1.29, 1.82) is 0 Å². The summed E-state index contributed by atoms with van der Waals surface area (Å²) in [6, 6.07) is 6.71. The Hall–Kier alpha value is -5.40. The molecule has 0 radical (unpaired) electrons. The molecule has 7 heterocycles. The Morgan fingerprint density at radius 2 is 1.89 bits per heavy atom. The second kappa shape index (κ2) is 14.0. The minimum absolute atomic E-state index is 0.00623. The molecule has 2 N–H and O–H groups in total. The summed E-state index contributed by atoms with van der Waals surface area (Å²) in [7, 11) is 0. The van der Waals surface area contributed by atoms with Gasteiger partial charge in [-0.15, -0.1) is 11.5 Å². The number of hydrogen-bond donors (Lipinski definition) is 1. The van der Waals surface area contributed by atoms with Gasteiger partial charge < -0.3 is 24.8 Å². The number of aryl methyl sites for hydroxylation is 1. The molecule has 11 nitrogen and oxygen atoms in total. The van der Waals surface area contributed by atoms with Gasteiger partial charge >= 0.3 is 12.2 Å². The predicted octanol–water partition coefficient (Wildman–Crippen LogP) is 6.49. The summed E-state index contributed by atoms with van der Waals surface area (Å²) in [4.78, 5) is 19.0. The van der Waals surface area contributed by atoms with E-state index in [1.807, 2.05) is 0 Å². The quantitative estimate of drug-likeness (QED) is 0.111. The maximum atomic E-state index is 17.3. The molecule has 9 rings (SSSR count). The van der Waals surface area contributed by atoms with Crippen LogP contribution in [0.4, 0.5) is 33.5 Å². The second-order valence-electron chi connectivity index (χ2n) is 14.9. The van der Waals surface area contributed by atoms with Crippen LogP contribution in [0.1, 0.15) is 55.3 Å². The molecular formula is C40H37F5N8O3. The molecule has 3 atom stereocenters. The number of aromatic nitrogens is 5. The number of terminal acetylenes is 1. The molecule has 5 aromatic rings. The van der Waals surface area contributed by atoms with E-state index in [9.17, 15) is 13.2 Å². The molecule has 0 bridgehead atoms. The zero-order chi connectivity index (χ0) is 38.8. The Kier molecular flexibility index (Phi) is 9.04. The number of benzene rings is 2. The Morgan fingerprint density at radius 1 is 1.02 bits per heavy atom. The summed E-state index contributed by atoms with van der Waals surface area (Å²) >= 11 is 0. The fourth-order valence-electron chi connectivity index (χ4n) is 9.02. The highest BCUT2D eigenvalue weighted by molar-refractivity contribution is 6.04. The number of pyridine rings is 1. The van der Waals surface area contributed by atoms with Crippen molar-refractivity contribution in [3.63, 3.8) is 0 Å². The third-order valence-corrected chi connectivity index (χ3v) is 11.6. The number of nitrogens with two attached hydrogens (primary N) is 1. The molecule has 3 saturated heterocycles. The predicted molar refractivity (Wildman–Crippen MR) is 197 cm³/mol. The largest absolute Gasteiger partial charge is 0.475 e. The van der Waals surface area contributed by atoms with Gasteiger partial charge in [0.15, 0.2) is 5.82 Å². The van der Waals surface area contributed by atoms with Crippen molar-refractivity contribution in [3.05, 3.63) is 65.0 Å². The number of nitrogen functional groups attached to an aromatic ring is 1. The van der Waals surface area contributed by atoms with E-state index in [4.69, 9.17) is 41.3 Å². The van der Waals surface area contributed by atoms with Gasteiger partial charge in [-0.05, 0) is 75.1 Å². The number of rotatable bonds is 7. The lowest BCUT2D eigenvalue weighted by Gasteiger charge is -2.34. The topological polar surface area (TPSA) is 125 Å². The van der Waals surface area contributed by atoms with Crippen molar-refractivity contribution in [1.82, 2.24) is 30.0 Å². The smallest absolute Gasteiger partial charge is 0.418 e. The molecule has 3 aromatic heterocycles. The van der Waals surface area contributed by atoms with Gasteiger partial charge in [-0.2, -0.15) is 28.2 Å². The van der Waals surface area contributed by atoms with Crippen molar-refractivity contribution >= 4 is 33.2 Å². The van der Waals surface area contributed by atoms with Crippen LogP contribution in [0.25, 0.3) is 32.9 Å². The number of nitrogens with zero attached hydrogens (tertiary/aromatic N) is 7. The van der Waals surface area contributed by atoms with Gasteiger partial charge in [0, 0.05) is 41.9 Å². The van der Waals surface area contributed by atoms with Crippen LogP contribution in [-0.2, 0) is 17.3 Å². The molecule has 16 heteroatoms. The minimum Gasteiger partial charge on any atom is -0.475 e. The standard InChI is InChI=1S/C40H37F5N8O3/c1-2-27-29(41)7-5-22-15-24(46)17-28(32(22)27)35-34(42)36-33-30(48-35)8-6-25-19-54-14-4-12-52(25)37(33)50-38(49-36)56-21-39-10-3-13-53(39)26(9-11-39)20-55-31-16-23(18-47-51-31)40(43,44)45/h1,5,7,15-18,25-26H,3-4,6,8-14,19-21,46H2/t25-,26-,39-/m0/s1. The zero-order valence-corrected chi connectivity index (χ0v) is 30.2. The Bertz CT molecular complexity index is 2410. The van der Waals surface area contributed by atoms with Crippen molar-refractivity contribution in [2.45, 2.75) is 68.7 Å². The van der Waals surface area contributed by atoms with E-state index in [1.165, 1.54) is 6.07 Å². The SMILES string of the molecule is C#Cc1c(F)ccc2cc(N)cc(-c3nc4c5c(nc(OC[C@@]67CCCN6[C@H](COc6cc(C(F)(F)F)cnn6)CC7)nc5c3F)N3CCCOC[C@@H]3CC4)c12. The van der Waals surface area contributed by atoms with Gasteiger partial charge in [0.2, 0.25) is 5.88 Å². The Balaban J connectivity index is 1.08. The van der Waals surface area contributed by atoms with Gasteiger partial charge in [0.1, 0.15) is 36.1 Å². The van der Waals surface area contributed by atoms with Crippen LogP contribution in [0.15, 0.2) is 36.5 Å². The van der Waals surface area contributed by atoms with Crippen LogP contribution in [-0.4, -0.2) is 87.2 Å². The van der Waals surface area contributed by atoms with E-state index >= 15 is 8.78 Å². The minimum atomic E-state index is -4.56. The lowest BCUT2D eigenvalue weighted by Crippen LogP contribution is -2.48. The normalized spacial score (nSPS) is 22.4. The van der Waals surface area contributed by atoms with Gasteiger partial charge in [0.05, 0.1) is 46.6 Å². The highest BCUT2D eigenvalue weighted by atomic mass is 19.4. The van der Waals surface area contributed by atoms with Gasteiger partial charge in [-0.1, -0.05) is 12.0 Å². The number of hydrogen-bond acceptors (Lipinski definition) is 11. The second-order valence-corrected chi connectivity index (χ2v) is 14.9. The first-order valence-electron chi connectivity index (χ1n) is 18.7. The fraction of sp³-hybridized carbons (Fsp3) is 0.425. The molecular weight excluding hydrogens is 735 g/mol. The first-order valence-corrected chi connectivity index (χ1v) is 18.7. The summed E-state index contributed by atoms with van der Waals surface area (Å²) in [6.07, 6.45) is 6.91. The zero-order valence-electron chi connectivity index (χ0n) is 30.2. The van der Waals surface area contributed by atoms with Gasteiger partial charge in [0.25, 0.3) is 0 Å². The average molecular weight is 773 g/mol. The highest BCUT2D eigenvalue weighted by Gasteiger charge is 2.50. The molecule has 3 fully saturated rings. The third-order valence-electron chi connectivity index (χ3n) is 11.6. The highest BCUT2D eigenvalue weighted by Crippen LogP contribution is 2.45. The molecule has 0 saturated carbocycles. The fourth-order valence-corrected chi connectivity index (χ4v) is 9.02. The van der Waals surface area contributed by atoms with Crippen LogP contribution in [0.2, 0.25) is 0 Å². The van der Waals surface area contributed by atoms with E-state index in [0.29, 0.717) is 72.2 Å². The third kappa shape index (κ3) is 6.26. The van der Waals surface area contributed by atoms with E-state index < -0.39 is 28.9 Å². The molecule has 0 unspecified atom stereocenters. The molecule has 0 amide bonds. The Morgan fingerprint density at radius 3 is 2.73 bits per heavy atom. The summed E-state index contributed by atoms with van der Waals surface area (Å²) < 4.78 is 90.3. The molecule has 290 valence electrons. The van der Waals surface area contributed by atoms with Crippen LogP contribution in [0, 0.1) is 24.0 Å². The van der Waals surface area contributed by atoms with E-state index in [1.54, 1.807) is 18.2 Å². The Labute approximate surface area is 318 Å². The van der Waals surface area contributed by atoms with E-state index in [0.717, 1.165) is 44.7 Å². The van der Waals surface area contributed by atoms with Gasteiger partial charge in [-0.25, -0.2) is 13.8 Å². The lowest BCUT2D eigenvalue weighted by molar-refractivity contribution is -0.138. The van der Waals surface area contributed by atoms with Crippen LogP contribution in [0.3, 0.4) is 0 Å². The maximum absolute atomic E-state index is 17.3. The van der Waals surface area contributed by atoms with Crippen molar-refractivity contribution in [2.75, 3.05) is 50.2 Å². The lowest BCUT2D eigenvalue weighted by atomic mass is 9.95.